The number of benzene rings is 1. The molecule has 0 aliphatic rings. The van der Waals surface area contributed by atoms with Crippen LogP contribution in [0.3, 0.4) is 0 Å². The van der Waals surface area contributed by atoms with Crippen molar-refractivity contribution >= 4 is 44.5 Å². The van der Waals surface area contributed by atoms with Crippen LogP contribution in [-0.2, 0) is 11.3 Å². The summed E-state index contributed by atoms with van der Waals surface area (Å²) in [6.45, 7) is 2.10. The fourth-order valence-electron chi connectivity index (χ4n) is 2.50. The minimum atomic E-state index is -0.567. The molecule has 0 atom stereocenters. The van der Waals surface area contributed by atoms with E-state index in [1.807, 2.05) is 42.6 Å². The molecule has 132 valence electrons. The number of aryl methyl sites for hydroxylation is 2. The Labute approximate surface area is 155 Å². The van der Waals surface area contributed by atoms with Crippen LogP contribution in [0, 0.1) is 6.92 Å². The molecule has 3 heterocycles. The lowest BCUT2D eigenvalue weighted by Crippen LogP contribution is -2.20. The Morgan fingerprint density at radius 1 is 1.35 bits per heavy atom. The first-order valence-electron chi connectivity index (χ1n) is 7.87. The molecule has 0 unspecified atom stereocenters. The second kappa shape index (κ2) is 6.85. The van der Waals surface area contributed by atoms with Crippen LogP contribution in [0.4, 0.5) is 5.69 Å². The van der Waals surface area contributed by atoms with Gasteiger partial charge in [0.1, 0.15) is 0 Å². The smallest absolute Gasteiger partial charge is 0.387 e. The van der Waals surface area contributed by atoms with Crippen LogP contribution in [0.2, 0.25) is 0 Å². The van der Waals surface area contributed by atoms with Gasteiger partial charge < -0.3 is 9.73 Å². The summed E-state index contributed by atoms with van der Waals surface area (Å²) in [5.74, 6) is -0.489. The zero-order valence-electron chi connectivity index (χ0n) is 13.8. The van der Waals surface area contributed by atoms with E-state index < -0.39 is 5.76 Å². The first kappa shape index (κ1) is 16.7. The average molecular weight is 386 g/mol. The number of hydrogen-bond donors (Lipinski definition) is 1. The number of amides is 1. The molecule has 0 saturated carbocycles. The number of thiazole rings is 1. The Morgan fingerprint density at radius 2 is 2.23 bits per heavy atom. The zero-order valence-corrected chi connectivity index (χ0v) is 15.4. The topological polar surface area (TPSA) is 90.0 Å². The van der Waals surface area contributed by atoms with E-state index in [2.05, 4.69) is 15.4 Å². The van der Waals surface area contributed by atoms with Gasteiger partial charge in [-0.1, -0.05) is 6.07 Å². The van der Waals surface area contributed by atoms with Crippen molar-refractivity contribution in [3.8, 4) is 10.8 Å². The van der Waals surface area contributed by atoms with Gasteiger partial charge in [-0.25, -0.2) is 9.78 Å². The standard InChI is InChI=1S/C17H14N4O3S2/c1-10-18-12-5-4-11(9-14(12)26-10)19-15(22)6-7-21-17(23)24-16(20-21)13-3-2-8-25-13/h2-5,8-9H,6-7H2,1H3,(H,19,22). The van der Waals surface area contributed by atoms with E-state index in [1.54, 1.807) is 11.3 Å². The molecule has 0 fully saturated rings. The number of hydrogen-bond acceptors (Lipinski definition) is 7. The largest absolute Gasteiger partial charge is 0.437 e. The number of thiophene rings is 1. The van der Waals surface area contributed by atoms with Crippen LogP contribution in [0.15, 0.2) is 44.9 Å². The maximum Gasteiger partial charge on any atom is 0.437 e. The van der Waals surface area contributed by atoms with Gasteiger partial charge in [-0.3, -0.25) is 4.79 Å². The normalized spacial score (nSPS) is 11.1. The molecule has 9 heteroatoms. The zero-order chi connectivity index (χ0) is 18.1. The van der Waals surface area contributed by atoms with Crippen molar-refractivity contribution in [2.75, 3.05) is 5.32 Å². The molecule has 0 aliphatic heterocycles. The summed E-state index contributed by atoms with van der Waals surface area (Å²) in [6.07, 6.45) is 0.121. The van der Waals surface area contributed by atoms with E-state index >= 15 is 0 Å². The van der Waals surface area contributed by atoms with Gasteiger partial charge in [-0.2, -0.15) is 4.68 Å². The lowest BCUT2D eigenvalue weighted by molar-refractivity contribution is -0.116. The molecule has 1 N–H and O–H groups in total. The highest BCUT2D eigenvalue weighted by Gasteiger charge is 2.12. The number of carbonyl (C=O) groups excluding carboxylic acids is 1. The third-order valence-corrected chi connectivity index (χ3v) is 5.46. The number of anilines is 1. The Morgan fingerprint density at radius 3 is 3.04 bits per heavy atom. The molecule has 1 amide bonds. The lowest BCUT2D eigenvalue weighted by Gasteiger charge is -2.04. The van der Waals surface area contributed by atoms with Gasteiger partial charge in [0.25, 0.3) is 5.89 Å². The molecule has 4 aromatic rings. The summed E-state index contributed by atoms with van der Waals surface area (Å²) in [4.78, 5) is 29.2. The minimum Gasteiger partial charge on any atom is -0.387 e. The van der Waals surface area contributed by atoms with Gasteiger partial charge in [0.2, 0.25) is 5.91 Å². The van der Waals surface area contributed by atoms with Crippen LogP contribution in [0.5, 0.6) is 0 Å². The number of nitrogens with one attached hydrogen (secondary N) is 1. The van der Waals surface area contributed by atoms with E-state index in [4.69, 9.17) is 4.42 Å². The van der Waals surface area contributed by atoms with Crippen LogP contribution in [0.1, 0.15) is 11.4 Å². The molecule has 1 aromatic carbocycles. The summed E-state index contributed by atoms with van der Waals surface area (Å²) < 4.78 is 7.32. The summed E-state index contributed by atoms with van der Waals surface area (Å²) in [5, 5.41) is 9.83. The third kappa shape index (κ3) is 3.44. The fraction of sp³-hybridized carbons (Fsp3) is 0.176. The molecule has 4 rings (SSSR count). The summed E-state index contributed by atoms with van der Waals surface area (Å²) >= 11 is 3.01. The molecule has 0 spiro atoms. The van der Waals surface area contributed by atoms with Gasteiger partial charge in [0.05, 0.1) is 26.6 Å². The Balaban J connectivity index is 1.41. The van der Waals surface area contributed by atoms with Gasteiger partial charge in [-0.15, -0.1) is 27.8 Å². The SMILES string of the molecule is Cc1nc2ccc(NC(=O)CCn3nc(-c4cccs4)oc3=O)cc2s1. The molecule has 0 aliphatic carbocycles. The Kier molecular flexibility index (Phi) is 4.39. The first-order chi connectivity index (χ1) is 12.6. The van der Waals surface area contributed by atoms with Gasteiger partial charge in [0, 0.05) is 12.1 Å². The molecule has 0 radical (unpaired) electrons. The highest BCUT2D eigenvalue weighted by Crippen LogP contribution is 2.25. The predicted octanol–water partition coefficient (Wildman–Crippen LogP) is 3.51. The first-order valence-corrected chi connectivity index (χ1v) is 9.57. The van der Waals surface area contributed by atoms with Crippen molar-refractivity contribution in [3.05, 3.63) is 51.3 Å². The number of nitrogens with zero attached hydrogens (tertiary/aromatic N) is 3. The van der Waals surface area contributed by atoms with Crippen molar-refractivity contribution in [1.29, 1.82) is 0 Å². The summed E-state index contributed by atoms with van der Waals surface area (Å²) in [7, 11) is 0. The van der Waals surface area contributed by atoms with Crippen LogP contribution < -0.4 is 11.1 Å². The number of fused-ring (bicyclic) bond motifs is 1. The molecular formula is C17H14N4O3S2. The second-order valence-corrected chi connectivity index (χ2v) is 7.77. The fourth-order valence-corrected chi connectivity index (χ4v) is 4.01. The van der Waals surface area contributed by atoms with E-state index in [0.717, 1.165) is 20.1 Å². The number of aromatic nitrogens is 3. The summed E-state index contributed by atoms with van der Waals surface area (Å²) in [5.41, 5.74) is 1.62. The lowest BCUT2D eigenvalue weighted by atomic mass is 10.3. The molecule has 26 heavy (non-hydrogen) atoms. The van der Waals surface area contributed by atoms with Crippen molar-refractivity contribution < 1.29 is 9.21 Å². The average Bonchev–Trinajstić information content (AvgIpc) is 3.31. The highest BCUT2D eigenvalue weighted by molar-refractivity contribution is 7.18. The van der Waals surface area contributed by atoms with Crippen molar-refractivity contribution in [3.63, 3.8) is 0 Å². The quantitative estimate of drug-likeness (QED) is 0.567. The highest BCUT2D eigenvalue weighted by atomic mass is 32.1. The van der Waals surface area contributed by atoms with Crippen LogP contribution >= 0.6 is 22.7 Å². The summed E-state index contributed by atoms with van der Waals surface area (Å²) in [6, 6.07) is 9.27. The van der Waals surface area contributed by atoms with Crippen molar-refractivity contribution in [1.82, 2.24) is 14.8 Å². The van der Waals surface area contributed by atoms with E-state index in [0.29, 0.717) is 5.69 Å². The molecule has 0 saturated heterocycles. The van der Waals surface area contributed by atoms with Crippen LogP contribution in [0.25, 0.3) is 21.0 Å². The van der Waals surface area contributed by atoms with Gasteiger partial charge in [-0.05, 0) is 36.6 Å². The molecular weight excluding hydrogens is 372 g/mol. The maximum absolute atomic E-state index is 12.2. The van der Waals surface area contributed by atoms with E-state index in [1.165, 1.54) is 16.0 Å². The van der Waals surface area contributed by atoms with Crippen LogP contribution in [-0.4, -0.2) is 20.7 Å². The molecule has 3 aromatic heterocycles. The van der Waals surface area contributed by atoms with E-state index in [-0.39, 0.29) is 24.8 Å². The van der Waals surface area contributed by atoms with Gasteiger partial charge in [0.15, 0.2) is 0 Å². The Bertz CT molecular complexity index is 1120. The van der Waals surface area contributed by atoms with E-state index in [9.17, 15) is 9.59 Å². The van der Waals surface area contributed by atoms with Crippen molar-refractivity contribution in [2.45, 2.75) is 19.9 Å². The third-order valence-electron chi connectivity index (χ3n) is 3.67. The minimum absolute atomic E-state index is 0.121. The number of rotatable bonds is 5. The van der Waals surface area contributed by atoms with Gasteiger partial charge >= 0.3 is 5.76 Å². The Hall–Kier alpha value is -2.78. The monoisotopic (exact) mass is 386 g/mol. The molecule has 7 nitrogen and oxygen atoms in total. The van der Waals surface area contributed by atoms with Crippen molar-refractivity contribution in [2.24, 2.45) is 0 Å². The maximum atomic E-state index is 12.2. The second-order valence-electron chi connectivity index (χ2n) is 5.59. The predicted molar refractivity (Wildman–Crippen MR) is 102 cm³/mol. The number of carbonyl (C=O) groups is 1. The molecule has 0 bridgehead atoms.